The van der Waals surface area contributed by atoms with E-state index in [1.165, 1.54) is 0 Å². The van der Waals surface area contributed by atoms with Crippen LogP contribution in [0.2, 0.25) is 5.02 Å². The Morgan fingerprint density at radius 1 is 1.47 bits per heavy atom. The van der Waals surface area contributed by atoms with E-state index in [0.29, 0.717) is 17.5 Å². The second-order valence-electron chi connectivity index (χ2n) is 3.54. The van der Waals surface area contributed by atoms with Gasteiger partial charge in [0.2, 0.25) is 0 Å². The highest BCUT2D eigenvalue weighted by atomic mass is 35.5. The molecule has 2 rings (SSSR count). The number of oxazole rings is 1. The van der Waals surface area contributed by atoms with Gasteiger partial charge in [-0.25, -0.2) is 4.98 Å². The molecule has 1 aromatic carbocycles. The third-order valence-corrected chi connectivity index (χ3v) is 2.51. The molecule has 0 aliphatic rings. The van der Waals surface area contributed by atoms with Gasteiger partial charge in [0.25, 0.3) is 0 Å². The Morgan fingerprint density at radius 2 is 2.27 bits per heavy atom. The van der Waals surface area contributed by atoms with Crippen LogP contribution < -0.4 is 5.73 Å². The summed E-state index contributed by atoms with van der Waals surface area (Å²) in [6.07, 6.45) is 1.80. The van der Waals surface area contributed by atoms with Gasteiger partial charge in [-0.05, 0) is 37.1 Å². The molecule has 1 heterocycles. The lowest BCUT2D eigenvalue weighted by Gasteiger charge is -2.01. The van der Waals surface area contributed by atoms with E-state index in [9.17, 15) is 0 Å². The predicted molar refractivity (Wildman–Crippen MR) is 61.1 cm³/mol. The van der Waals surface area contributed by atoms with Crippen molar-refractivity contribution in [3.05, 3.63) is 28.6 Å². The van der Waals surface area contributed by atoms with Crippen LogP contribution in [0.3, 0.4) is 0 Å². The molecule has 0 saturated carbocycles. The zero-order valence-electron chi connectivity index (χ0n) is 8.59. The number of rotatable bonds is 3. The summed E-state index contributed by atoms with van der Waals surface area (Å²) in [5.41, 5.74) is 8.24. The Balaban J connectivity index is 2.50. The van der Waals surface area contributed by atoms with Crippen molar-refractivity contribution in [1.82, 2.24) is 4.98 Å². The van der Waals surface area contributed by atoms with Crippen molar-refractivity contribution in [2.24, 2.45) is 5.73 Å². The molecule has 80 valence electrons. The molecule has 15 heavy (non-hydrogen) atoms. The molecule has 4 heteroatoms. The molecule has 2 N–H and O–H groups in total. The summed E-state index contributed by atoms with van der Waals surface area (Å²) < 4.78 is 5.54. The van der Waals surface area contributed by atoms with Gasteiger partial charge in [-0.2, -0.15) is 0 Å². The van der Waals surface area contributed by atoms with E-state index < -0.39 is 0 Å². The van der Waals surface area contributed by atoms with Crippen LogP contribution >= 0.6 is 11.6 Å². The van der Waals surface area contributed by atoms with Crippen LogP contribution in [0, 0.1) is 6.92 Å². The summed E-state index contributed by atoms with van der Waals surface area (Å²) in [7, 11) is 0. The van der Waals surface area contributed by atoms with Crippen LogP contribution in [0.4, 0.5) is 0 Å². The van der Waals surface area contributed by atoms with E-state index in [1.54, 1.807) is 0 Å². The van der Waals surface area contributed by atoms with Gasteiger partial charge in [0.15, 0.2) is 11.5 Å². The lowest BCUT2D eigenvalue weighted by Crippen LogP contribution is -2.00. The Bertz CT molecular complexity index is 479. The van der Waals surface area contributed by atoms with Crippen molar-refractivity contribution in [3.63, 3.8) is 0 Å². The average molecular weight is 225 g/mol. The van der Waals surface area contributed by atoms with Gasteiger partial charge in [-0.15, -0.1) is 0 Å². The first-order valence-electron chi connectivity index (χ1n) is 4.96. The lowest BCUT2D eigenvalue weighted by atomic mass is 10.1. The van der Waals surface area contributed by atoms with Gasteiger partial charge >= 0.3 is 0 Å². The predicted octanol–water partition coefficient (Wildman–Crippen LogP) is 2.68. The molecule has 1 aromatic heterocycles. The van der Waals surface area contributed by atoms with E-state index in [1.807, 2.05) is 19.1 Å². The summed E-state index contributed by atoms with van der Waals surface area (Å²) in [6.45, 7) is 2.50. The van der Waals surface area contributed by atoms with Crippen molar-refractivity contribution < 1.29 is 4.42 Å². The molecule has 3 nitrogen and oxygen atoms in total. The number of nitrogens with zero attached hydrogens (tertiary/aromatic N) is 1. The van der Waals surface area contributed by atoms with Crippen LogP contribution in [0.5, 0.6) is 0 Å². The summed E-state index contributed by atoms with van der Waals surface area (Å²) in [5, 5.41) is 0.697. The quantitative estimate of drug-likeness (QED) is 0.872. The lowest BCUT2D eigenvalue weighted by molar-refractivity contribution is 0.557. The number of nitrogens with two attached hydrogens (primary N) is 1. The Hall–Kier alpha value is -1.06. The summed E-state index contributed by atoms with van der Waals surface area (Å²) in [5.74, 6) is 0.668. The molecule has 0 aliphatic heterocycles. The summed E-state index contributed by atoms with van der Waals surface area (Å²) >= 11 is 6.00. The Morgan fingerprint density at radius 3 is 3.00 bits per heavy atom. The van der Waals surface area contributed by atoms with Crippen LogP contribution in [0.25, 0.3) is 11.1 Å². The smallest absolute Gasteiger partial charge is 0.192 e. The molecular weight excluding hydrogens is 212 g/mol. The van der Waals surface area contributed by atoms with E-state index >= 15 is 0 Å². The Labute approximate surface area is 93.2 Å². The monoisotopic (exact) mass is 224 g/mol. The second-order valence-corrected chi connectivity index (χ2v) is 3.97. The van der Waals surface area contributed by atoms with E-state index in [4.69, 9.17) is 21.8 Å². The first kappa shape index (κ1) is 10.5. The molecule has 0 amide bonds. The minimum Gasteiger partial charge on any atom is -0.441 e. The molecule has 2 aromatic rings. The minimum absolute atomic E-state index is 0.668. The second kappa shape index (κ2) is 4.21. The fourth-order valence-electron chi connectivity index (χ4n) is 1.65. The largest absolute Gasteiger partial charge is 0.441 e. The molecule has 0 saturated heterocycles. The van der Waals surface area contributed by atoms with Gasteiger partial charge in [-0.1, -0.05) is 11.6 Å². The molecular formula is C11H13ClN2O. The Kier molecular flexibility index (Phi) is 2.93. The standard InChI is InChI=1S/C11H13ClN2O/c1-7-14-10-6-9(12)5-8(3-2-4-13)11(10)15-7/h5-6H,2-4,13H2,1H3. The van der Waals surface area contributed by atoms with Gasteiger partial charge in [0, 0.05) is 11.9 Å². The molecule has 0 atom stereocenters. The van der Waals surface area contributed by atoms with Crippen molar-refractivity contribution in [2.45, 2.75) is 19.8 Å². The molecule has 0 fully saturated rings. The molecule has 0 radical (unpaired) electrons. The number of aryl methyl sites for hydroxylation is 2. The maximum absolute atomic E-state index is 6.00. The zero-order valence-corrected chi connectivity index (χ0v) is 9.34. The SMILES string of the molecule is Cc1nc2cc(Cl)cc(CCCN)c2o1. The summed E-state index contributed by atoms with van der Waals surface area (Å²) in [6, 6.07) is 3.74. The zero-order chi connectivity index (χ0) is 10.8. The number of benzene rings is 1. The van der Waals surface area contributed by atoms with Crippen LogP contribution in [-0.2, 0) is 6.42 Å². The van der Waals surface area contributed by atoms with E-state index in [2.05, 4.69) is 4.98 Å². The topological polar surface area (TPSA) is 52.0 Å². The summed E-state index contributed by atoms with van der Waals surface area (Å²) in [4.78, 5) is 4.26. The van der Waals surface area contributed by atoms with Crippen LogP contribution in [-0.4, -0.2) is 11.5 Å². The fraction of sp³-hybridized carbons (Fsp3) is 0.364. The van der Waals surface area contributed by atoms with Gasteiger partial charge in [0.05, 0.1) is 0 Å². The molecule has 0 bridgehead atoms. The van der Waals surface area contributed by atoms with Gasteiger partial charge < -0.3 is 10.2 Å². The minimum atomic E-state index is 0.668. The molecule has 0 spiro atoms. The van der Waals surface area contributed by atoms with Crippen LogP contribution in [0.15, 0.2) is 16.5 Å². The number of halogens is 1. The van der Waals surface area contributed by atoms with Gasteiger partial charge in [0.1, 0.15) is 5.52 Å². The normalized spacial score (nSPS) is 11.1. The number of hydrogen-bond acceptors (Lipinski definition) is 3. The first-order chi connectivity index (χ1) is 7.20. The maximum atomic E-state index is 6.00. The fourth-order valence-corrected chi connectivity index (χ4v) is 1.89. The number of aromatic nitrogens is 1. The highest BCUT2D eigenvalue weighted by Gasteiger charge is 2.09. The number of hydrogen-bond donors (Lipinski definition) is 1. The molecule has 0 aliphatic carbocycles. The highest BCUT2D eigenvalue weighted by Crippen LogP contribution is 2.25. The van der Waals surface area contributed by atoms with Crippen molar-refractivity contribution in [1.29, 1.82) is 0 Å². The average Bonchev–Trinajstić information content (AvgIpc) is 2.54. The molecule has 0 unspecified atom stereocenters. The first-order valence-corrected chi connectivity index (χ1v) is 5.34. The maximum Gasteiger partial charge on any atom is 0.192 e. The third-order valence-electron chi connectivity index (χ3n) is 2.29. The third kappa shape index (κ3) is 2.13. The number of fused-ring (bicyclic) bond motifs is 1. The highest BCUT2D eigenvalue weighted by molar-refractivity contribution is 6.31. The van der Waals surface area contributed by atoms with Crippen molar-refractivity contribution in [2.75, 3.05) is 6.54 Å². The van der Waals surface area contributed by atoms with E-state index in [0.717, 1.165) is 29.5 Å². The van der Waals surface area contributed by atoms with Crippen LogP contribution in [0.1, 0.15) is 17.9 Å². The van der Waals surface area contributed by atoms with Gasteiger partial charge in [-0.3, -0.25) is 0 Å². The van der Waals surface area contributed by atoms with Crippen molar-refractivity contribution >= 4 is 22.7 Å². The van der Waals surface area contributed by atoms with Crippen molar-refractivity contribution in [3.8, 4) is 0 Å². The van der Waals surface area contributed by atoms with E-state index in [-0.39, 0.29) is 0 Å².